The largest absolute Gasteiger partial charge is 0.472 e. The van der Waals surface area contributed by atoms with Gasteiger partial charge < -0.3 is 33.8 Å². The summed E-state index contributed by atoms with van der Waals surface area (Å²) >= 11 is 0. The van der Waals surface area contributed by atoms with Gasteiger partial charge in [0.2, 0.25) is 0 Å². The molecule has 624 valence electrons. The van der Waals surface area contributed by atoms with Crippen molar-refractivity contribution in [3.63, 3.8) is 0 Å². The van der Waals surface area contributed by atoms with Gasteiger partial charge in [0.25, 0.3) is 0 Å². The molecule has 0 saturated carbocycles. The van der Waals surface area contributed by atoms with Crippen LogP contribution < -0.4 is 0 Å². The van der Waals surface area contributed by atoms with Crippen molar-refractivity contribution >= 4 is 39.5 Å². The topological polar surface area (TPSA) is 237 Å². The number of hydrogen-bond donors (Lipinski definition) is 3. The lowest BCUT2D eigenvalue weighted by Gasteiger charge is -2.21. The molecule has 3 N–H and O–H groups in total. The Morgan fingerprint density at radius 2 is 0.445 bits per heavy atom. The number of aliphatic hydroxyl groups is 1. The number of aliphatic hydroxyl groups excluding tert-OH is 1. The molecule has 0 amide bonds. The molecule has 0 aromatic rings. The summed E-state index contributed by atoms with van der Waals surface area (Å²) in [5.74, 6) is -2.27. The fourth-order valence-electron chi connectivity index (χ4n) is 10.6. The van der Waals surface area contributed by atoms with Crippen LogP contribution in [-0.4, -0.2) is 96.7 Å². The number of carbonyl (C=O) groups excluding carboxylic acids is 4. The van der Waals surface area contributed by atoms with E-state index < -0.39 is 97.5 Å². The van der Waals surface area contributed by atoms with E-state index in [9.17, 15) is 43.2 Å². The van der Waals surface area contributed by atoms with E-state index >= 15 is 0 Å². The minimum Gasteiger partial charge on any atom is -0.462 e. The highest BCUT2D eigenvalue weighted by Gasteiger charge is 2.30. The number of allylic oxidation sites excluding steroid dienone is 30. The summed E-state index contributed by atoms with van der Waals surface area (Å²) < 4.78 is 68.8. The van der Waals surface area contributed by atoms with Gasteiger partial charge >= 0.3 is 39.5 Å². The molecule has 0 rings (SSSR count). The molecule has 0 bridgehead atoms. The van der Waals surface area contributed by atoms with E-state index in [-0.39, 0.29) is 25.7 Å². The van der Waals surface area contributed by atoms with Gasteiger partial charge in [-0.05, 0) is 173 Å². The summed E-state index contributed by atoms with van der Waals surface area (Å²) in [6, 6.07) is 0. The summed E-state index contributed by atoms with van der Waals surface area (Å²) in [4.78, 5) is 73.3. The lowest BCUT2D eigenvalue weighted by molar-refractivity contribution is -0.161. The van der Waals surface area contributed by atoms with E-state index in [2.05, 4.69) is 210 Å². The maximum atomic E-state index is 13.1. The lowest BCUT2D eigenvalue weighted by Crippen LogP contribution is -2.30. The Morgan fingerprint density at radius 3 is 0.691 bits per heavy atom. The molecule has 0 aliphatic heterocycles. The number of ether oxygens (including phenoxy) is 4. The maximum absolute atomic E-state index is 13.1. The molecule has 5 unspecified atom stereocenters. The second-order valence-electron chi connectivity index (χ2n) is 27.2. The van der Waals surface area contributed by atoms with Crippen LogP contribution in [0, 0.1) is 0 Å². The quantitative estimate of drug-likeness (QED) is 0.0169. The summed E-state index contributed by atoms with van der Waals surface area (Å²) in [6.45, 7) is 4.35. The normalized spacial score (nSPS) is 14.7. The van der Waals surface area contributed by atoms with Crippen molar-refractivity contribution in [2.45, 2.75) is 329 Å². The summed E-state index contributed by atoms with van der Waals surface area (Å²) in [6.07, 6.45) is 98.5. The third-order valence-electron chi connectivity index (χ3n) is 16.9. The fraction of sp³-hybridized carbons (Fsp3) is 0.626. The van der Waals surface area contributed by atoms with Crippen molar-refractivity contribution in [3.05, 3.63) is 182 Å². The van der Waals surface area contributed by atoms with Gasteiger partial charge in [-0.1, -0.05) is 293 Å². The summed E-state index contributed by atoms with van der Waals surface area (Å²) in [5.41, 5.74) is 0. The van der Waals surface area contributed by atoms with Crippen LogP contribution in [0.4, 0.5) is 0 Å². The Kier molecular flexibility index (Phi) is 76.9. The molecule has 0 aromatic heterocycles. The average molecular weight is 1580 g/mol. The third kappa shape index (κ3) is 80.2. The van der Waals surface area contributed by atoms with Crippen molar-refractivity contribution in [1.29, 1.82) is 0 Å². The Balaban J connectivity index is 5.46. The molecule has 0 aliphatic rings. The Labute approximate surface area is 666 Å². The number of rotatable bonds is 77. The first kappa shape index (κ1) is 104. The van der Waals surface area contributed by atoms with Crippen molar-refractivity contribution in [3.8, 4) is 0 Å². The Hall–Kier alpha value is -5.84. The summed E-state index contributed by atoms with van der Waals surface area (Å²) in [7, 11) is -10.0. The molecule has 19 heteroatoms. The van der Waals surface area contributed by atoms with Gasteiger partial charge in [0.05, 0.1) is 26.4 Å². The van der Waals surface area contributed by atoms with Gasteiger partial charge in [-0.2, -0.15) is 0 Å². The molecule has 5 atom stereocenters. The molecule has 0 fully saturated rings. The predicted molar refractivity (Wildman–Crippen MR) is 454 cm³/mol. The molecule has 0 radical (unpaired) electrons. The van der Waals surface area contributed by atoms with Crippen molar-refractivity contribution in [1.82, 2.24) is 0 Å². The molecule has 0 heterocycles. The van der Waals surface area contributed by atoms with E-state index in [4.69, 9.17) is 37.0 Å². The van der Waals surface area contributed by atoms with Crippen LogP contribution in [0.1, 0.15) is 310 Å². The van der Waals surface area contributed by atoms with Gasteiger partial charge in [-0.25, -0.2) is 9.13 Å². The molecule has 0 aliphatic carbocycles. The number of hydrogen-bond acceptors (Lipinski definition) is 15. The fourth-order valence-corrected chi connectivity index (χ4v) is 12.2. The minimum atomic E-state index is -5.00. The second kappa shape index (κ2) is 81.2. The van der Waals surface area contributed by atoms with Crippen LogP contribution >= 0.6 is 15.6 Å². The smallest absolute Gasteiger partial charge is 0.462 e. The molecule has 0 saturated heterocycles. The van der Waals surface area contributed by atoms with Gasteiger partial charge in [0.1, 0.15) is 19.3 Å². The van der Waals surface area contributed by atoms with Crippen LogP contribution in [0.2, 0.25) is 0 Å². The van der Waals surface area contributed by atoms with Crippen LogP contribution in [0.15, 0.2) is 182 Å². The van der Waals surface area contributed by atoms with Crippen LogP contribution in [0.3, 0.4) is 0 Å². The SMILES string of the molecule is CC/C=C\C/C=C\C/C=C\C/C=C\C/C=C\CCCCCC(=O)OCC(COP(=O)(O)OCC(O)COP(=O)(O)OCC(COC(=O)CCCCCCCCC/C=C\C/C=C\C/C=C\CC)OC(=O)CCCCCCC/C=C\C/C=C\C/C=C\CC)OC(=O)CCCCCCCC/C=C\C/C=C\C/C=C\C/C=C\CC. The van der Waals surface area contributed by atoms with Crippen molar-refractivity contribution in [2.24, 2.45) is 0 Å². The molecular weight excluding hydrogens is 1430 g/mol. The molecule has 110 heavy (non-hydrogen) atoms. The minimum absolute atomic E-state index is 0.0637. The van der Waals surface area contributed by atoms with Crippen LogP contribution in [-0.2, 0) is 65.4 Å². The van der Waals surface area contributed by atoms with Crippen LogP contribution in [0.25, 0.3) is 0 Å². The molecule has 0 aromatic carbocycles. The number of phosphoric acid groups is 2. The highest BCUT2D eigenvalue weighted by molar-refractivity contribution is 7.47. The second-order valence-corrected chi connectivity index (χ2v) is 30.1. The number of carbonyl (C=O) groups is 4. The first-order chi connectivity index (χ1) is 53.7. The predicted octanol–water partition coefficient (Wildman–Crippen LogP) is 25.1. The highest BCUT2D eigenvalue weighted by atomic mass is 31.2. The van der Waals surface area contributed by atoms with E-state index in [1.807, 2.05) is 0 Å². The lowest BCUT2D eigenvalue weighted by atomic mass is 10.1. The van der Waals surface area contributed by atoms with E-state index in [1.54, 1.807) is 0 Å². The number of esters is 4. The van der Waals surface area contributed by atoms with E-state index in [1.165, 1.54) is 0 Å². The zero-order valence-corrected chi connectivity index (χ0v) is 70.1. The highest BCUT2D eigenvalue weighted by Crippen LogP contribution is 2.45. The standard InChI is InChI=1S/C91H148O17P2/c1-5-9-13-17-21-25-29-33-37-40-42-45-49-52-56-60-64-68-72-76-89(94)102-82-87(108-91(96)78-74-70-66-62-58-54-50-46-43-41-38-34-30-26-22-18-14-10-6-2)84-106-110(99,100)104-80-85(92)79-103-109(97,98)105-83-86(107-90(95)77-73-69-65-61-57-53-47-36-32-28-24-20-16-12-8-4)81-101-88(93)75-71-67-63-59-55-51-48-44-39-35-31-27-23-19-15-11-7-3/h9-16,21-28,33-39,42-43,45-47,52,56,85-87,92H,5-8,17-20,29-32,40-41,44,48-51,53-55,57-84H2,1-4H3,(H,97,98)(H,99,100)/b13-9-,14-10-,15-11-,16-12-,25-21-,26-22-,27-23-,28-24-,37-33-,38-34-,39-35-,45-42-,46-43-,47-36-,56-52-. The number of phosphoric ester groups is 2. The van der Waals surface area contributed by atoms with Crippen molar-refractivity contribution in [2.75, 3.05) is 39.6 Å². The number of unbranched alkanes of at least 4 members (excludes halogenated alkanes) is 21. The Morgan fingerprint density at radius 1 is 0.255 bits per heavy atom. The summed E-state index contributed by atoms with van der Waals surface area (Å²) in [5, 5.41) is 10.7. The first-order valence-corrected chi connectivity index (χ1v) is 45.0. The maximum Gasteiger partial charge on any atom is 0.472 e. The third-order valence-corrected chi connectivity index (χ3v) is 18.8. The monoisotopic (exact) mass is 1580 g/mol. The molecule has 0 spiro atoms. The van der Waals surface area contributed by atoms with Gasteiger partial charge in [-0.15, -0.1) is 0 Å². The van der Waals surface area contributed by atoms with E-state index in [0.29, 0.717) is 25.7 Å². The zero-order valence-electron chi connectivity index (χ0n) is 68.4. The van der Waals surface area contributed by atoms with Gasteiger partial charge in [0, 0.05) is 25.7 Å². The van der Waals surface area contributed by atoms with E-state index in [0.717, 1.165) is 231 Å². The first-order valence-electron chi connectivity index (χ1n) is 42.0. The van der Waals surface area contributed by atoms with Crippen LogP contribution in [0.5, 0.6) is 0 Å². The van der Waals surface area contributed by atoms with Gasteiger partial charge in [0.15, 0.2) is 12.2 Å². The molecule has 17 nitrogen and oxygen atoms in total. The molecular formula is C91H148O17P2. The van der Waals surface area contributed by atoms with Gasteiger partial charge in [-0.3, -0.25) is 37.3 Å². The Bertz CT molecular complexity index is 2800. The zero-order chi connectivity index (χ0) is 80.3. The average Bonchev–Trinajstić information content (AvgIpc) is 0.900. The van der Waals surface area contributed by atoms with Crippen molar-refractivity contribution < 1.29 is 80.2 Å².